The first-order chi connectivity index (χ1) is 13.2. The first kappa shape index (κ1) is 17.8. The third kappa shape index (κ3) is 4.04. The van der Waals surface area contributed by atoms with Crippen molar-refractivity contribution in [3.63, 3.8) is 0 Å². The van der Waals surface area contributed by atoms with Crippen molar-refractivity contribution in [2.75, 3.05) is 31.2 Å². The fourth-order valence-corrected chi connectivity index (χ4v) is 3.44. The quantitative estimate of drug-likeness (QED) is 0.749. The number of carbonyl (C=O) groups is 1. The highest BCUT2D eigenvalue weighted by atomic mass is 35.5. The highest BCUT2D eigenvalue weighted by Gasteiger charge is 2.18. The largest absolute Gasteiger partial charge is 0.378 e. The summed E-state index contributed by atoms with van der Waals surface area (Å²) in [5.41, 5.74) is 2.40. The minimum atomic E-state index is -0.122. The van der Waals surface area contributed by atoms with Crippen molar-refractivity contribution >= 4 is 34.2 Å². The Kier molecular flexibility index (Phi) is 5.23. The number of para-hydroxylation sites is 1. The zero-order valence-corrected chi connectivity index (χ0v) is 15.6. The number of hydrogen-bond donors (Lipinski definition) is 1. The van der Waals surface area contributed by atoms with Gasteiger partial charge >= 0.3 is 0 Å². The highest BCUT2D eigenvalue weighted by molar-refractivity contribution is 6.30. The number of nitrogens with one attached hydrogen (secondary N) is 1. The first-order valence-electron chi connectivity index (χ1n) is 8.96. The maximum atomic E-state index is 12.9. The molecule has 0 bridgehead atoms. The van der Waals surface area contributed by atoms with E-state index >= 15 is 0 Å². The molecule has 27 heavy (non-hydrogen) atoms. The summed E-state index contributed by atoms with van der Waals surface area (Å²) < 4.78 is 5.42. The van der Waals surface area contributed by atoms with E-state index in [0.29, 0.717) is 30.3 Å². The van der Waals surface area contributed by atoms with Crippen molar-refractivity contribution in [1.82, 2.24) is 10.3 Å². The number of benzene rings is 2. The molecule has 0 aliphatic carbocycles. The molecular formula is C21H20ClN3O2. The molecule has 1 N–H and O–H groups in total. The van der Waals surface area contributed by atoms with E-state index in [1.54, 1.807) is 0 Å². The van der Waals surface area contributed by atoms with E-state index in [1.165, 1.54) is 0 Å². The lowest BCUT2D eigenvalue weighted by Gasteiger charge is -2.28. The number of amides is 1. The van der Waals surface area contributed by atoms with Crippen LogP contribution in [-0.4, -0.2) is 37.2 Å². The summed E-state index contributed by atoms with van der Waals surface area (Å²) in [6.45, 7) is 3.31. The number of nitrogens with zero attached hydrogens (tertiary/aromatic N) is 2. The van der Waals surface area contributed by atoms with Gasteiger partial charge in [0.25, 0.3) is 5.91 Å². The van der Waals surface area contributed by atoms with E-state index in [0.717, 1.165) is 35.4 Å². The Hall–Kier alpha value is -2.63. The number of pyridine rings is 1. The van der Waals surface area contributed by atoms with Crippen molar-refractivity contribution in [3.05, 3.63) is 70.7 Å². The third-order valence-corrected chi connectivity index (χ3v) is 4.86. The van der Waals surface area contributed by atoms with E-state index < -0.39 is 0 Å². The Bertz CT molecular complexity index is 971. The van der Waals surface area contributed by atoms with E-state index in [2.05, 4.69) is 10.2 Å². The Morgan fingerprint density at radius 1 is 1.11 bits per heavy atom. The van der Waals surface area contributed by atoms with Gasteiger partial charge in [0.1, 0.15) is 5.82 Å². The lowest BCUT2D eigenvalue weighted by Crippen LogP contribution is -2.37. The SMILES string of the molecule is O=C(NCc1cccc(Cl)c1)c1cc(N2CCOCC2)nc2ccccc12. The average molecular weight is 382 g/mol. The van der Waals surface area contributed by atoms with E-state index in [1.807, 2.05) is 54.6 Å². The molecule has 2 heterocycles. The number of carbonyl (C=O) groups excluding carboxylic acids is 1. The molecule has 0 atom stereocenters. The van der Waals surface area contributed by atoms with Gasteiger partial charge < -0.3 is 15.0 Å². The molecule has 3 aromatic rings. The summed E-state index contributed by atoms with van der Waals surface area (Å²) in [7, 11) is 0. The second kappa shape index (κ2) is 7.94. The Morgan fingerprint density at radius 3 is 2.74 bits per heavy atom. The van der Waals surface area contributed by atoms with E-state index in [9.17, 15) is 4.79 Å². The van der Waals surface area contributed by atoms with Crippen molar-refractivity contribution in [3.8, 4) is 0 Å². The van der Waals surface area contributed by atoms with Gasteiger partial charge in [0.05, 0.1) is 24.3 Å². The predicted molar refractivity (Wildman–Crippen MR) is 107 cm³/mol. The van der Waals surface area contributed by atoms with Crippen LogP contribution in [0.25, 0.3) is 10.9 Å². The van der Waals surface area contributed by atoms with Crippen LogP contribution in [0.15, 0.2) is 54.6 Å². The second-order valence-corrected chi connectivity index (χ2v) is 6.89. The number of hydrogen-bond acceptors (Lipinski definition) is 4. The van der Waals surface area contributed by atoms with E-state index in [-0.39, 0.29) is 5.91 Å². The Labute approximate surface area is 162 Å². The van der Waals surface area contributed by atoms with Crippen LogP contribution in [0.5, 0.6) is 0 Å². The lowest BCUT2D eigenvalue weighted by molar-refractivity contribution is 0.0952. The Balaban J connectivity index is 1.63. The molecule has 5 nitrogen and oxygen atoms in total. The van der Waals surface area contributed by atoms with Crippen LogP contribution in [-0.2, 0) is 11.3 Å². The van der Waals surface area contributed by atoms with Crippen molar-refractivity contribution in [1.29, 1.82) is 0 Å². The summed E-state index contributed by atoms with van der Waals surface area (Å²) in [5, 5.41) is 4.50. The minimum Gasteiger partial charge on any atom is -0.378 e. The molecule has 4 rings (SSSR count). The fourth-order valence-electron chi connectivity index (χ4n) is 3.23. The van der Waals surface area contributed by atoms with Gasteiger partial charge in [-0.3, -0.25) is 4.79 Å². The molecule has 1 aliphatic heterocycles. The molecule has 0 radical (unpaired) electrons. The van der Waals surface area contributed by atoms with Crippen molar-refractivity contribution in [2.24, 2.45) is 0 Å². The van der Waals surface area contributed by atoms with Crippen LogP contribution < -0.4 is 10.2 Å². The zero-order chi connectivity index (χ0) is 18.6. The molecule has 2 aromatic carbocycles. The molecule has 6 heteroatoms. The standard InChI is InChI=1S/C21H20ClN3O2/c22-16-5-3-4-15(12-16)14-23-21(26)18-13-20(25-8-10-27-11-9-25)24-19-7-2-1-6-17(18)19/h1-7,12-13H,8-11,14H2,(H,23,26). The monoisotopic (exact) mass is 381 g/mol. The summed E-state index contributed by atoms with van der Waals surface area (Å²) in [6, 6.07) is 17.1. The van der Waals surface area contributed by atoms with Gasteiger partial charge in [0.15, 0.2) is 0 Å². The van der Waals surface area contributed by atoms with Crippen LogP contribution in [0.4, 0.5) is 5.82 Å². The van der Waals surface area contributed by atoms with Gasteiger partial charge in [0, 0.05) is 30.0 Å². The normalized spacial score (nSPS) is 14.3. The molecule has 138 valence electrons. The summed E-state index contributed by atoms with van der Waals surface area (Å²) in [4.78, 5) is 19.8. The maximum Gasteiger partial charge on any atom is 0.252 e. The highest BCUT2D eigenvalue weighted by Crippen LogP contribution is 2.24. The molecule has 1 aromatic heterocycles. The van der Waals surface area contributed by atoms with Crippen LogP contribution >= 0.6 is 11.6 Å². The van der Waals surface area contributed by atoms with Crippen LogP contribution in [0, 0.1) is 0 Å². The number of morpholine rings is 1. The number of halogens is 1. The molecule has 1 saturated heterocycles. The van der Waals surface area contributed by atoms with Gasteiger partial charge in [-0.2, -0.15) is 0 Å². The average Bonchev–Trinajstić information content (AvgIpc) is 2.72. The molecule has 0 spiro atoms. The number of ether oxygens (including phenoxy) is 1. The molecule has 0 saturated carbocycles. The van der Waals surface area contributed by atoms with Crippen LogP contribution in [0.2, 0.25) is 5.02 Å². The summed E-state index contributed by atoms with van der Waals surface area (Å²) in [5.74, 6) is 0.688. The number of fused-ring (bicyclic) bond motifs is 1. The second-order valence-electron chi connectivity index (χ2n) is 6.46. The number of aromatic nitrogens is 1. The first-order valence-corrected chi connectivity index (χ1v) is 9.33. The molecule has 1 fully saturated rings. The topological polar surface area (TPSA) is 54.5 Å². The minimum absolute atomic E-state index is 0.122. The van der Waals surface area contributed by atoms with Crippen LogP contribution in [0.1, 0.15) is 15.9 Å². The van der Waals surface area contributed by atoms with Crippen LogP contribution in [0.3, 0.4) is 0 Å². The van der Waals surface area contributed by atoms with Gasteiger partial charge in [-0.15, -0.1) is 0 Å². The van der Waals surface area contributed by atoms with Gasteiger partial charge in [0.2, 0.25) is 0 Å². The Morgan fingerprint density at radius 2 is 1.93 bits per heavy atom. The smallest absolute Gasteiger partial charge is 0.252 e. The molecule has 1 amide bonds. The zero-order valence-electron chi connectivity index (χ0n) is 14.8. The third-order valence-electron chi connectivity index (χ3n) is 4.62. The van der Waals surface area contributed by atoms with E-state index in [4.69, 9.17) is 21.3 Å². The molecular weight excluding hydrogens is 362 g/mol. The van der Waals surface area contributed by atoms with Crippen molar-refractivity contribution in [2.45, 2.75) is 6.54 Å². The van der Waals surface area contributed by atoms with Crippen molar-refractivity contribution < 1.29 is 9.53 Å². The number of anilines is 1. The van der Waals surface area contributed by atoms with Gasteiger partial charge in [-0.1, -0.05) is 41.9 Å². The lowest BCUT2D eigenvalue weighted by atomic mass is 10.1. The number of rotatable bonds is 4. The summed E-state index contributed by atoms with van der Waals surface area (Å²) >= 11 is 6.03. The van der Waals surface area contributed by atoms with Gasteiger partial charge in [-0.25, -0.2) is 4.98 Å². The summed E-state index contributed by atoms with van der Waals surface area (Å²) in [6.07, 6.45) is 0. The maximum absolute atomic E-state index is 12.9. The fraction of sp³-hybridized carbons (Fsp3) is 0.238. The molecule has 0 unspecified atom stereocenters. The van der Waals surface area contributed by atoms with Gasteiger partial charge in [-0.05, 0) is 29.8 Å². The predicted octanol–water partition coefficient (Wildman–Crippen LogP) is 3.65. The molecule has 1 aliphatic rings.